The molecule has 0 amide bonds. The Kier molecular flexibility index (Phi) is 4.51. The average molecular weight is 152 g/mol. The molecule has 0 bridgehead atoms. The van der Waals surface area contributed by atoms with Gasteiger partial charge in [-0.3, -0.25) is 0 Å². The van der Waals surface area contributed by atoms with Crippen LogP contribution in [0.5, 0.6) is 0 Å². The second-order valence-corrected chi connectivity index (χ2v) is 1.86. The second kappa shape index (κ2) is 5.25. The molecule has 0 aromatic rings. The highest BCUT2D eigenvalue weighted by molar-refractivity contribution is 5.78. The van der Waals surface area contributed by atoms with Crippen LogP contribution in [0.15, 0.2) is 0 Å². The number of ether oxygens (including phenoxy) is 1. The summed E-state index contributed by atoms with van der Waals surface area (Å²) < 4.78 is 4.55. The summed E-state index contributed by atoms with van der Waals surface area (Å²) in [5.74, 6) is -2.03. The van der Waals surface area contributed by atoms with Crippen LogP contribution in [-0.4, -0.2) is 12.6 Å². The third-order valence-electron chi connectivity index (χ3n) is 0.942. The Morgan fingerprint density at radius 3 is 2.45 bits per heavy atom. The van der Waals surface area contributed by atoms with Gasteiger partial charge in [0.2, 0.25) is 5.92 Å². The number of hydrogen-bond donors (Lipinski definition) is 0. The van der Waals surface area contributed by atoms with Crippen LogP contribution in [0.25, 0.3) is 0 Å². The van der Waals surface area contributed by atoms with E-state index in [2.05, 4.69) is 4.74 Å². The van der Waals surface area contributed by atoms with Gasteiger partial charge in [-0.15, -0.1) is 0 Å². The molecule has 0 rings (SSSR count). The number of carbonyl (C=O) groups is 1. The van der Waals surface area contributed by atoms with Crippen molar-refractivity contribution in [2.24, 2.45) is 5.92 Å². The summed E-state index contributed by atoms with van der Waals surface area (Å²) >= 11 is 0. The molecule has 0 aromatic carbocycles. The maximum Gasteiger partial charge on any atom is 0.338 e. The van der Waals surface area contributed by atoms with E-state index >= 15 is 0 Å². The van der Waals surface area contributed by atoms with Gasteiger partial charge in [-0.1, -0.05) is 6.92 Å². The molecule has 4 nitrogen and oxygen atoms in total. The fraction of sp³-hybridized carbons (Fsp3) is 0.571. The lowest BCUT2D eigenvalue weighted by molar-refractivity contribution is -0.144. The molecule has 0 heterocycles. The molecule has 0 saturated heterocycles. The maximum absolute atomic E-state index is 10.7. The van der Waals surface area contributed by atoms with Gasteiger partial charge in [-0.2, -0.15) is 10.5 Å². The Labute approximate surface area is 65.0 Å². The first kappa shape index (κ1) is 9.45. The van der Waals surface area contributed by atoms with Crippen LogP contribution >= 0.6 is 0 Å². The molecule has 0 fully saturated rings. The number of carbonyl (C=O) groups excluding carboxylic acids is 1. The van der Waals surface area contributed by atoms with Crippen molar-refractivity contribution < 1.29 is 9.53 Å². The molecule has 0 N–H and O–H groups in total. The van der Waals surface area contributed by atoms with Gasteiger partial charge in [0.05, 0.1) is 18.7 Å². The molecule has 0 saturated carbocycles. The second-order valence-electron chi connectivity index (χ2n) is 1.86. The molecular formula is C7H8N2O2. The van der Waals surface area contributed by atoms with Crippen molar-refractivity contribution in [2.45, 2.75) is 13.3 Å². The molecule has 11 heavy (non-hydrogen) atoms. The van der Waals surface area contributed by atoms with Crippen molar-refractivity contribution in [1.29, 1.82) is 10.5 Å². The molecule has 0 aromatic heterocycles. The molecule has 0 aliphatic heterocycles. The van der Waals surface area contributed by atoms with Gasteiger partial charge in [0.1, 0.15) is 0 Å². The topological polar surface area (TPSA) is 73.9 Å². The molecule has 0 unspecified atom stereocenters. The van der Waals surface area contributed by atoms with Crippen LogP contribution in [0.3, 0.4) is 0 Å². The van der Waals surface area contributed by atoms with Gasteiger partial charge in [-0.25, -0.2) is 4.79 Å². The third kappa shape index (κ3) is 3.22. The average Bonchev–Trinajstić information content (AvgIpc) is 2.03. The highest BCUT2D eigenvalue weighted by Gasteiger charge is 2.17. The van der Waals surface area contributed by atoms with E-state index < -0.39 is 11.9 Å². The highest BCUT2D eigenvalue weighted by Crippen LogP contribution is 1.96. The lowest BCUT2D eigenvalue weighted by Crippen LogP contribution is -2.14. The number of nitrogens with zero attached hydrogens (tertiary/aromatic N) is 2. The van der Waals surface area contributed by atoms with E-state index in [0.717, 1.165) is 0 Å². The zero-order valence-electron chi connectivity index (χ0n) is 6.20. The van der Waals surface area contributed by atoms with Crippen LogP contribution in [-0.2, 0) is 9.53 Å². The quantitative estimate of drug-likeness (QED) is 0.555. The van der Waals surface area contributed by atoms with Crippen molar-refractivity contribution in [3.05, 3.63) is 0 Å². The predicted molar refractivity (Wildman–Crippen MR) is 36.0 cm³/mol. The van der Waals surface area contributed by atoms with Crippen LogP contribution < -0.4 is 0 Å². The van der Waals surface area contributed by atoms with E-state index in [0.29, 0.717) is 6.42 Å². The zero-order chi connectivity index (χ0) is 8.69. The number of rotatable bonds is 3. The molecule has 0 aliphatic carbocycles. The molecule has 58 valence electrons. The van der Waals surface area contributed by atoms with E-state index in [-0.39, 0.29) is 6.61 Å². The number of nitriles is 2. The largest absolute Gasteiger partial charge is 0.464 e. The normalized spacial score (nSPS) is 8.36. The van der Waals surface area contributed by atoms with Crippen LogP contribution in [0, 0.1) is 28.6 Å². The Morgan fingerprint density at radius 2 is 2.09 bits per heavy atom. The minimum Gasteiger partial charge on any atom is -0.464 e. The van der Waals surface area contributed by atoms with Crippen LogP contribution in [0.2, 0.25) is 0 Å². The number of hydrogen-bond acceptors (Lipinski definition) is 4. The van der Waals surface area contributed by atoms with Crippen molar-refractivity contribution in [3.63, 3.8) is 0 Å². The lowest BCUT2D eigenvalue weighted by atomic mass is 10.2. The van der Waals surface area contributed by atoms with E-state index in [1.54, 1.807) is 0 Å². The third-order valence-corrected chi connectivity index (χ3v) is 0.942. The summed E-state index contributed by atoms with van der Waals surface area (Å²) in [7, 11) is 0. The smallest absolute Gasteiger partial charge is 0.338 e. The fourth-order valence-corrected chi connectivity index (χ4v) is 0.420. The minimum atomic E-state index is -1.28. The Bertz CT molecular complexity index is 197. The molecule has 0 aliphatic rings. The van der Waals surface area contributed by atoms with Gasteiger partial charge in [0.25, 0.3) is 0 Å². The fourth-order valence-electron chi connectivity index (χ4n) is 0.420. The maximum atomic E-state index is 10.7. The van der Waals surface area contributed by atoms with Crippen molar-refractivity contribution in [2.75, 3.05) is 6.61 Å². The van der Waals surface area contributed by atoms with Gasteiger partial charge >= 0.3 is 5.97 Å². The molecule has 4 heteroatoms. The van der Waals surface area contributed by atoms with Crippen LogP contribution in [0.4, 0.5) is 0 Å². The Morgan fingerprint density at radius 1 is 1.55 bits per heavy atom. The Balaban J connectivity index is 3.85. The minimum absolute atomic E-state index is 0.263. The van der Waals surface area contributed by atoms with E-state index in [4.69, 9.17) is 10.5 Å². The summed E-state index contributed by atoms with van der Waals surface area (Å²) in [6.45, 7) is 2.10. The summed E-state index contributed by atoms with van der Waals surface area (Å²) in [6, 6.07) is 3.05. The predicted octanol–water partition coefficient (Wildman–Crippen LogP) is 0.603. The highest BCUT2D eigenvalue weighted by atomic mass is 16.5. The summed E-state index contributed by atoms with van der Waals surface area (Å²) in [5.41, 5.74) is 0. The van der Waals surface area contributed by atoms with Crippen LogP contribution in [0.1, 0.15) is 13.3 Å². The van der Waals surface area contributed by atoms with E-state index in [1.807, 2.05) is 6.92 Å². The van der Waals surface area contributed by atoms with Gasteiger partial charge < -0.3 is 4.74 Å². The summed E-state index contributed by atoms with van der Waals surface area (Å²) in [5, 5.41) is 16.4. The molecule has 0 atom stereocenters. The van der Waals surface area contributed by atoms with Crippen molar-refractivity contribution in [3.8, 4) is 12.1 Å². The SMILES string of the molecule is CCCOC(=O)C(C#N)C#N. The molecule has 0 spiro atoms. The number of esters is 1. The summed E-state index contributed by atoms with van der Waals surface area (Å²) in [6.07, 6.45) is 0.690. The molecular weight excluding hydrogens is 144 g/mol. The Hall–Kier alpha value is -1.55. The zero-order valence-corrected chi connectivity index (χ0v) is 6.20. The van der Waals surface area contributed by atoms with Crippen molar-refractivity contribution >= 4 is 5.97 Å². The van der Waals surface area contributed by atoms with Crippen molar-refractivity contribution in [1.82, 2.24) is 0 Å². The van der Waals surface area contributed by atoms with Gasteiger partial charge in [-0.05, 0) is 6.42 Å². The standard InChI is InChI=1S/C7H8N2O2/c1-2-3-11-7(10)6(4-8)5-9/h6H,2-3H2,1H3. The lowest BCUT2D eigenvalue weighted by Gasteiger charge is -2.00. The van der Waals surface area contributed by atoms with E-state index in [1.165, 1.54) is 12.1 Å². The summed E-state index contributed by atoms with van der Waals surface area (Å²) in [4.78, 5) is 10.7. The van der Waals surface area contributed by atoms with Gasteiger partial charge in [0, 0.05) is 0 Å². The van der Waals surface area contributed by atoms with E-state index in [9.17, 15) is 4.79 Å². The monoisotopic (exact) mass is 152 g/mol. The first-order chi connectivity index (χ1) is 5.26. The first-order valence-electron chi connectivity index (χ1n) is 3.22. The molecule has 0 radical (unpaired) electrons. The first-order valence-corrected chi connectivity index (χ1v) is 3.22. The van der Waals surface area contributed by atoms with Gasteiger partial charge in [0.15, 0.2) is 0 Å².